The van der Waals surface area contributed by atoms with Gasteiger partial charge in [-0.2, -0.15) is 0 Å². The van der Waals surface area contributed by atoms with E-state index in [1.165, 1.54) is 6.42 Å². The summed E-state index contributed by atoms with van der Waals surface area (Å²) in [6.07, 6.45) is 4.35. The molecule has 1 aromatic heterocycles. The fraction of sp³-hybridized carbons (Fsp3) is 0.556. The maximum atomic E-state index is 9.03. The molecule has 5 heteroatoms. The van der Waals surface area contributed by atoms with Crippen LogP contribution in [0.5, 0.6) is 5.75 Å². The first-order valence-corrected chi connectivity index (χ1v) is 8.39. The molecule has 1 aliphatic rings. The van der Waals surface area contributed by atoms with Crippen molar-refractivity contribution in [3.63, 3.8) is 0 Å². The van der Waals surface area contributed by atoms with Gasteiger partial charge in [-0.15, -0.1) is 0 Å². The number of fused-ring (bicyclic) bond motifs is 1. The van der Waals surface area contributed by atoms with Crippen molar-refractivity contribution in [1.82, 2.24) is 9.97 Å². The number of ether oxygens (including phenoxy) is 1. The summed E-state index contributed by atoms with van der Waals surface area (Å²) in [6.45, 7) is 4.30. The largest absolute Gasteiger partial charge is 0.497 e. The Morgan fingerprint density at radius 1 is 1.35 bits per heavy atom. The van der Waals surface area contributed by atoms with Crippen molar-refractivity contribution >= 4 is 16.9 Å². The van der Waals surface area contributed by atoms with Gasteiger partial charge < -0.3 is 14.7 Å². The number of aromatic nitrogens is 2. The van der Waals surface area contributed by atoms with Gasteiger partial charge in [0.25, 0.3) is 0 Å². The average Bonchev–Trinajstić information content (AvgIpc) is 2.59. The van der Waals surface area contributed by atoms with Crippen LogP contribution in [-0.4, -0.2) is 41.9 Å². The Morgan fingerprint density at radius 2 is 2.22 bits per heavy atom. The maximum Gasteiger partial charge on any atom is 0.226 e. The second-order valence-corrected chi connectivity index (χ2v) is 6.31. The average molecular weight is 315 g/mol. The van der Waals surface area contributed by atoms with Gasteiger partial charge in [0.2, 0.25) is 5.95 Å². The minimum atomic E-state index is 0.280. The van der Waals surface area contributed by atoms with Crippen LogP contribution in [0.2, 0.25) is 0 Å². The molecule has 5 nitrogen and oxygen atoms in total. The number of hydrogen-bond donors (Lipinski definition) is 1. The topological polar surface area (TPSA) is 58.5 Å². The number of rotatable bonds is 5. The highest BCUT2D eigenvalue weighted by Crippen LogP contribution is 2.27. The van der Waals surface area contributed by atoms with E-state index >= 15 is 0 Å². The summed E-state index contributed by atoms with van der Waals surface area (Å²) in [5.74, 6) is 2.26. The predicted molar refractivity (Wildman–Crippen MR) is 92.1 cm³/mol. The monoisotopic (exact) mass is 315 g/mol. The molecule has 1 aromatic carbocycles. The lowest BCUT2D eigenvalue weighted by molar-refractivity contribution is 0.263. The summed E-state index contributed by atoms with van der Waals surface area (Å²) in [7, 11) is 1.67. The van der Waals surface area contributed by atoms with Crippen LogP contribution < -0.4 is 9.64 Å². The molecular weight excluding hydrogens is 290 g/mol. The van der Waals surface area contributed by atoms with Crippen molar-refractivity contribution in [3.05, 3.63) is 23.9 Å². The molecule has 0 radical (unpaired) electrons. The fourth-order valence-electron chi connectivity index (χ4n) is 3.38. The van der Waals surface area contributed by atoms with Gasteiger partial charge >= 0.3 is 0 Å². The zero-order valence-corrected chi connectivity index (χ0v) is 14.0. The Balaban J connectivity index is 1.86. The second-order valence-electron chi connectivity index (χ2n) is 6.31. The van der Waals surface area contributed by atoms with Crippen LogP contribution >= 0.6 is 0 Å². The van der Waals surface area contributed by atoms with E-state index < -0.39 is 0 Å². The number of aliphatic hydroxyl groups is 1. The first-order chi connectivity index (χ1) is 11.2. The number of aryl methyl sites for hydroxylation is 1. The van der Waals surface area contributed by atoms with E-state index in [0.29, 0.717) is 5.92 Å². The van der Waals surface area contributed by atoms with Crippen LogP contribution in [-0.2, 0) is 0 Å². The van der Waals surface area contributed by atoms with Crippen molar-refractivity contribution in [1.29, 1.82) is 0 Å². The molecular formula is C18H25N3O2. The molecule has 1 aliphatic heterocycles. The van der Waals surface area contributed by atoms with Crippen LogP contribution in [0.3, 0.4) is 0 Å². The minimum absolute atomic E-state index is 0.280. The third-order valence-electron chi connectivity index (χ3n) is 4.66. The van der Waals surface area contributed by atoms with Crippen LogP contribution in [0.1, 0.15) is 31.4 Å². The van der Waals surface area contributed by atoms with Gasteiger partial charge in [-0.1, -0.05) is 0 Å². The highest BCUT2D eigenvalue weighted by molar-refractivity contribution is 5.83. The lowest BCUT2D eigenvalue weighted by Gasteiger charge is -2.33. The van der Waals surface area contributed by atoms with E-state index in [1.54, 1.807) is 7.11 Å². The standard InChI is InChI=1S/C18H25N3O2/c1-13-16-8-7-15(23-2)11-17(16)20-18(19-13)21-9-3-5-14(12-21)6-4-10-22/h7-8,11,14,22H,3-6,9-10,12H2,1-2H3. The second kappa shape index (κ2) is 7.13. The lowest BCUT2D eigenvalue weighted by atomic mass is 9.94. The molecule has 3 rings (SSSR count). The molecule has 0 spiro atoms. The van der Waals surface area contributed by atoms with Crippen LogP contribution in [0.25, 0.3) is 10.9 Å². The zero-order chi connectivity index (χ0) is 16.2. The summed E-state index contributed by atoms with van der Waals surface area (Å²) >= 11 is 0. The molecule has 2 heterocycles. The first-order valence-electron chi connectivity index (χ1n) is 8.39. The van der Waals surface area contributed by atoms with E-state index in [9.17, 15) is 0 Å². The van der Waals surface area contributed by atoms with Gasteiger partial charge in [0, 0.05) is 31.1 Å². The maximum absolute atomic E-state index is 9.03. The molecule has 2 aromatic rings. The van der Waals surface area contributed by atoms with E-state index in [-0.39, 0.29) is 6.61 Å². The van der Waals surface area contributed by atoms with Crippen molar-refractivity contribution in [2.75, 3.05) is 31.7 Å². The Bertz CT molecular complexity index is 675. The van der Waals surface area contributed by atoms with Gasteiger partial charge in [0.05, 0.1) is 18.3 Å². The highest BCUT2D eigenvalue weighted by Gasteiger charge is 2.22. The third-order valence-corrected chi connectivity index (χ3v) is 4.66. The van der Waals surface area contributed by atoms with Gasteiger partial charge in [0.1, 0.15) is 5.75 Å². The molecule has 1 saturated heterocycles. The number of anilines is 1. The van der Waals surface area contributed by atoms with Crippen LogP contribution in [0, 0.1) is 12.8 Å². The molecule has 1 atom stereocenters. The van der Waals surface area contributed by atoms with Crippen LogP contribution in [0.15, 0.2) is 18.2 Å². The smallest absolute Gasteiger partial charge is 0.226 e. The first kappa shape index (κ1) is 16.0. The summed E-state index contributed by atoms with van der Waals surface area (Å²) in [4.78, 5) is 11.8. The Kier molecular flexibility index (Phi) is 4.96. The molecule has 0 bridgehead atoms. The highest BCUT2D eigenvalue weighted by atomic mass is 16.5. The number of nitrogens with zero attached hydrogens (tertiary/aromatic N) is 3. The van der Waals surface area contributed by atoms with Gasteiger partial charge in [-0.25, -0.2) is 9.97 Å². The summed E-state index contributed by atoms with van der Waals surface area (Å²) < 4.78 is 5.31. The molecule has 23 heavy (non-hydrogen) atoms. The van der Waals surface area contributed by atoms with Crippen molar-refractivity contribution < 1.29 is 9.84 Å². The predicted octanol–water partition coefficient (Wildman–Crippen LogP) is 2.94. The van der Waals surface area contributed by atoms with E-state index in [1.807, 2.05) is 25.1 Å². The van der Waals surface area contributed by atoms with Gasteiger partial charge in [0.15, 0.2) is 0 Å². The summed E-state index contributed by atoms with van der Waals surface area (Å²) in [5.41, 5.74) is 1.94. The Labute approximate surface area is 137 Å². The Morgan fingerprint density at radius 3 is 3.00 bits per heavy atom. The van der Waals surface area contributed by atoms with Gasteiger partial charge in [-0.3, -0.25) is 0 Å². The molecule has 1 unspecified atom stereocenters. The summed E-state index contributed by atoms with van der Waals surface area (Å²) in [5, 5.41) is 10.1. The minimum Gasteiger partial charge on any atom is -0.497 e. The molecule has 0 saturated carbocycles. The number of piperidine rings is 1. The lowest BCUT2D eigenvalue weighted by Crippen LogP contribution is -2.36. The fourth-order valence-corrected chi connectivity index (χ4v) is 3.38. The molecule has 1 fully saturated rings. The molecule has 1 N–H and O–H groups in total. The quantitative estimate of drug-likeness (QED) is 0.919. The SMILES string of the molecule is COc1ccc2c(C)nc(N3CCCC(CCCO)C3)nc2c1. The van der Waals surface area contributed by atoms with Crippen LogP contribution in [0.4, 0.5) is 5.95 Å². The van der Waals surface area contributed by atoms with E-state index in [0.717, 1.165) is 60.6 Å². The Hall–Kier alpha value is -1.88. The van der Waals surface area contributed by atoms with E-state index in [4.69, 9.17) is 19.8 Å². The normalized spacial score (nSPS) is 18.4. The van der Waals surface area contributed by atoms with E-state index in [2.05, 4.69) is 4.90 Å². The molecule has 0 aliphatic carbocycles. The summed E-state index contributed by atoms with van der Waals surface area (Å²) in [6, 6.07) is 5.94. The van der Waals surface area contributed by atoms with Crippen molar-refractivity contribution in [2.24, 2.45) is 5.92 Å². The van der Waals surface area contributed by atoms with Crippen molar-refractivity contribution in [3.8, 4) is 5.75 Å². The molecule has 124 valence electrons. The number of benzene rings is 1. The van der Waals surface area contributed by atoms with Crippen molar-refractivity contribution in [2.45, 2.75) is 32.6 Å². The number of hydrogen-bond acceptors (Lipinski definition) is 5. The number of methoxy groups -OCH3 is 1. The third kappa shape index (κ3) is 3.55. The zero-order valence-electron chi connectivity index (χ0n) is 14.0. The number of aliphatic hydroxyl groups excluding tert-OH is 1. The molecule has 0 amide bonds. The van der Waals surface area contributed by atoms with Gasteiger partial charge in [-0.05, 0) is 50.7 Å².